The molecule has 0 fully saturated rings. The van der Waals surface area contributed by atoms with Gasteiger partial charge in [0.25, 0.3) is 0 Å². The number of anilines is 1. The molecule has 5 nitrogen and oxygen atoms in total. The van der Waals surface area contributed by atoms with E-state index in [2.05, 4.69) is 45.6 Å². The van der Waals surface area contributed by atoms with Crippen LogP contribution in [0.3, 0.4) is 0 Å². The van der Waals surface area contributed by atoms with Crippen LogP contribution in [0.4, 0.5) is 5.95 Å². The molecule has 120 valence electrons. The van der Waals surface area contributed by atoms with Gasteiger partial charge < -0.3 is 5.32 Å². The van der Waals surface area contributed by atoms with Crippen LogP contribution in [0.1, 0.15) is 23.4 Å². The lowest BCUT2D eigenvalue weighted by molar-refractivity contribution is 0.865. The highest BCUT2D eigenvalue weighted by atomic mass is 32.1. The summed E-state index contributed by atoms with van der Waals surface area (Å²) in [7, 11) is 0. The Morgan fingerprint density at radius 2 is 2.00 bits per heavy atom. The van der Waals surface area contributed by atoms with Gasteiger partial charge in [-0.25, -0.2) is 9.97 Å². The zero-order chi connectivity index (χ0) is 16.5. The molecule has 1 N–H and O–H groups in total. The first-order valence-electron chi connectivity index (χ1n) is 7.78. The smallest absolute Gasteiger partial charge is 0.225 e. The summed E-state index contributed by atoms with van der Waals surface area (Å²) in [5.74, 6) is 1.42. The highest BCUT2D eigenvalue weighted by Crippen LogP contribution is 2.26. The molecule has 0 aliphatic heterocycles. The summed E-state index contributed by atoms with van der Waals surface area (Å²) in [6.07, 6.45) is 3.57. The van der Waals surface area contributed by atoms with E-state index in [0.717, 1.165) is 16.9 Å². The number of aryl methyl sites for hydroxylation is 1. The molecule has 0 bridgehead atoms. The van der Waals surface area contributed by atoms with Crippen molar-refractivity contribution in [2.45, 2.75) is 19.9 Å². The first kappa shape index (κ1) is 14.8. The number of nitrogens with one attached hydrogen (secondary N) is 1. The maximum atomic E-state index is 4.65. The summed E-state index contributed by atoms with van der Waals surface area (Å²) in [5.41, 5.74) is 3.27. The van der Waals surface area contributed by atoms with E-state index < -0.39 is 0 Å². The van der Waals surface area contributed by atoms with E-state index in [0.29, 0.717) is 5.95 Å². The average molecular weight is 335 g/mol. The Morgan fingerprint density at radius 1 is 1.12 bits per heavy atom. The molecule has 0 radical (unpaired) electrons. The van der Waals surface area contributed by atoms with E-state index in [1.165, 1.54) is 10.4 Å². The molecule has 24 heavy (non-hydrogen) atoms. The third kappa shape index (κ3) is 2.65. The van der Waals surface area contributed by atoms with Crippen molar-refractivity contribution in [1.82, 2.24) is 19.5 Å². The fourth-order valence-corrected chi connectivity index (χ4v) is 3.72. The molecule has 0 saturated heterocycles. The van der Waals surface area contributed by atoms with Crippen LogP contribution in [-0.4, -0.2) is 19.5 Å². The number of hydrogen-bond donors (Lipinski definition) is 1. The number of para-hydroxylation sites is 2. The van der Waals surface area contributed by atoms with Crippen molar-refractivity contribution in [2.75, 3.05) is 5.32 Å². The van der Waals surface area contributed by atoms with Gasteiger partial charge in [0.05, 0.1) is 17.1 Å². The molecule has 0 amide bonds. The van der Waals surface area contributed by atoms with Gasteiger partial charge in [-0.2, -0.15) is 4.98 Å². The lowest BCUT2D eigenvalue weighted by Gasteiger charge is -2.14. The second-order valence-electron chi connectivity index (χ2n) is 5.68. The Hall–Kier alpha value is -2.73. The minimum atomic E-state index is 0.166. The Kier molecular flexibility index (Phi) is 3.74. The van der Waals surface area contributed by atoms with Crippen molar-refractivity contribution >= 4 is 28.3 Å². The standard InChI is InChI=1S/C18H17N5S/c1-12-8-10-24-17(12)13(2)21-18-19-9-7-16(22-18)23-11-20-14-5-3-4-6-15(14)23/h3-11,13H,1-2H3,(H,19,21,22). The normalized spacial score (nSPS) is 12.4. The Labute approximate surface area is 144 Å². The number of nitrogens with zero attached hydrogens (tertiary/aromatic N) is 4. The average Bonchev–Trinajstić information content (AvgIpc) is 3.21. The zero-order valence-corrected chi connectivity index (χ0v) is 14.3. The lowest BCUT2D eigenvalue weighted by atomic mass is 10.2. The van der Waals surface area contributed by atoms with Crippen LogP contribution < -0.4 is 5.32 Å². The highest BCUT2D eigenvalue weighted by molar-refractivity contribution is 7.10. The minimum absolute atomic E-state index is 0.166. The van der Waals surface area contributed by atoms with Gasteiger partial charge >= 0.3 is 0 Å². The third-order valence-corrected chi connectivity index (χ3v) is 5.18. The maximum absolute atomic E-state index is 4.65. The van der Waals surface area contributed by atoms with Gasteiger partial charge in [-0.1, -0.05) is 12.1 Å². The number of fused-ring (bicyclic) bond motifs is 1. The number of hydrogen-bond acceptors (Lipinski definition) is 5. The quantitative estimate of drug-likeness (QED) is 0.602. The van der Waals surface area contributed by atoms with Crippen molar-refractivity contribution < 1.29 is 0 Å². The van der Waals surface area contributed by atoms with Gasteiger partial charge in [0.2, 0.25) is 5.95 Å². The van der Waals surface area contributed by atoms with Gasteiger partial charge in [-0.05, 0) is 49.1 Å². The van der Waals surface area contributed by atoms with Gasteiger partial charge in [0, 0.05) is 11.1 Å². The number of benzene rings is 1. The molecule has 0 aliphatic rings. The van der Waals surface area contributed by atoms with E-state index in [1.54, 1.807) is 23.9 Å². The maximum Gasteiger partial charge on any atom is 0.225 e. The topological polar surface area (TPSA) is 55.6 Å². The third-order valence-electron chi connectivity index (χ3n) is 3.98. The summed E-state index contributed by atoms with van der Waals surface area (Å²) in [4.78, 5) is 14.7. The number of imidazole rings is 1. The van der Waals surface area contributed by atoms with Crippen LogP contribution in [-0.2, 0) is 0 Å². The number of thiophene rings is 1. The minimum Gasteiger partial charge on any atom is -0.347 e. The van der Waals surface area contributed by atoms with Crippen molar-refractivity contribution in [3.05, 3.63) is 64.7 Å². The van der Waals surface area contributed by atoms with Gasteiger partial charge in [-0.3, -0.25) is 4.57 Å². The first-order chi connectivity index (χ1) is 11.7. The molecule has 1 aromatic carbocycles. The largest absolute Gasteiger partial charge is 0.347 e. The second-order valence-corrected chi connectivity index (χ2v) is 6.62. The van der Waals surface area contributed by atoms with E-state index >= 15 is 0 Å². The SMILES string of the molecule is Cc1ccsc1C(C)Nc1nccc(-n2cnc3ccccc32)n1. The van der Waals surface area contributed by atoms with Crippen molar-refractivity contribution in [2.24, 2.45) is 0 Å². The molecular weight excluding hydrogens is 318 g/mol. The van der Waals surface area contributed by atoms with Crippen molar-refractivity contribution in [3.63, 3.8) is 0 Å². The molecule has 0 aliphatic carbocycles. The second kappa shape index (κ2) is 6.05. The first-order valence-corrected chi connectivity index (χ1v) is 8.66. The Balaban J connectivity index is 1.65. The zero-order valence-electron chi connectivity index (χ0n) is 13.5. The van der Waals surface area contributed by atoms with Crippen LogP contribution in [0.5, 0.6) is 0 Å². The molecule has 1 unspecified atom stereocenters. The van der Waals surface area contributed by atoms with E-state index in [9.17, 15) is 0 Å². The number of aromatic nitrogens is 4. The number of rotatable bonds is 4. The van der Waals surface area contributed by atoms with Crippen LogP contribution in [0.2, 0.25) is 0 Å². The molecule has 4 aromatic rings. The monoisotopic (exact) mass is 335 g/mol. The van der Waals surface area contributed by atoms with E-state index in [1.807, 2.05) is 34.9 Å². The molecule has 3 aromatic heterocycles. The van der Waals surface area contributed by atoms with Crippen LogP contribution >= 0.6 is 11.3 Å². The van der Waals surface area contributed by atoms with Gasteiger partial charge in [0.15, 0.2) is 0 Å². The van der Waals surface area contributed by atoms with Crippen molar-refractivity contribution in [1.29, 1.82) is 0 Å². The van der Waals surface area contributed by atoms with Crippen molar-refractivity contribution in [3.8, 4) is 5.82 Å². The highest BCUT2D eigenvalue weighted by Gasteiger charge is 2.12. The molecule has 1 atom stereocenters. The lowest BCUT2D eigenvalue weighted by Crippen LogP contribution is -2.10. The van der Waals surface area contributed by atoms with E-state index in [-0.39, 0.29) is 6.04 Å². The van der Waals surface area contributed by atoms with Gasteiger partial charge in [0.1, 0.15) is 12.1 Å². The van der Waals surface area contributed by atoms with Crippen LogP contribution in [0.15, 0.2) is 54.3 Å². The molecule has 3 heterocycles. The van der Waals surface area contributed by atoms with Crippen LogP contribution in [0, 0.1) is 6.92 Å². The van der Waals surface area contributed by atoms with Gasteiger partial charge in [-0.15, -0.1) is 11.3 Å². The fraction of sp³-hybridized carbons (Fsp3) is 0.167. The summed E-state index contributed by atoms with van der Waals surface area (Å²) >= 11 is 1.75. The summed E-state index contributed by atoms with van der Waals surface area (Å²) in [6, 6.07) is 12.2. The molecule has 4 rings (SSSR count). The molecule has 0 spiro atoms. The molecule has 0 saturated carbocycles. The van der Waals surface area contributed by atoms with E-state index in [4.69, 9.17) is 0 Å². The Morgan fingerprint density at radius 3 is 2.83 bits per heavy atom. The Bertz CT molecular complexity index is 988. The predicted octanol–water partition coefficient (Wildman–Crippen LogP) is 4.36. The molecule has 6 heteroatoms. The summed E-state index contributed by atoms with van der Waals surface area (Å²) in [6.45, 7) is 4.25. The summed E-state index contributed by atoms with van der Waals surface area (Å²) < 4.78 is 1.98. The molecular formula is C18H17N5S. The van der Waals surface area contributed by atoms with Crippen LogP contribution in [0.25, 0.3) is 16.9 Å². The summed E-state index contributed by atoms with van der Waals surface area (Å²) in [5, 5.41) is 5.50. The predicted molar refractivity (Wildman–Crippen MR) is 97.8 cm³/mol. The fourth-order valence-electron chi connectivity index (χ4n) is 2.78.